The minimum Gasteiger partial charge on any atom is -0.460 e. The van der Waals surface area contributed by atoms with E-state index in [0.29, 0.717) is 75.3 Å². The second-order valence-corrected chi connectivity index (χ2v) is 27.2. The summed E-state index contributed by atoms with van der Waals surface area (Å²) in [6.45, 7) is 7.98. The number of amides is 10. The van der Waals surface area contributed by atoms with Crippen LogP contribution in [0, 0.1) is 0 Å². The quantitative estimate of drug-likeness (QED) is 0.0133. The molecular weight excluding hydrogens is 1500 g/mol. The summed E-state index contributed by atoms with van der Waals surface area (Å²) in [6.07, 6.45) is 11.7. The molecule has 35 heteroatoms. The summed E-state index contributed by atoms with van der Waals surface area (Å²) in [4.78, 5) is 166. The van der Waals surface area contributed by atoms with Crippen molar-refractivity contribution in [3.63, 3.8) is 0 Å². The van der Waals surface area contributed by atoms with Gasteiger partial charge in [-0.15, -0.1) is 0 Å². The Labute approximate surface area is 670 Å². The Hall–Kier alpha value is -13.7. The van der Waals surface area contributed by atoms with Gasteiger partial charge in [0.05, 0.1) is 59.9 Å². The Morgan fingerprint density at radius 1 is 0.405 bits per heavy atom. The van der Waals surface area contributed by atoms with E-state index < -0.39 is 41.5 Å². The van der Waals surface area contributed by atoms with Crippen LogP contribution in [0.25, 0.3) is 0 Å². The number of hydrogen-bond donors (Lipinski definition) is 13. The molecule has 0 saturated carbocycles. The highest BCUT2D eigenvalue weighted by Crippen LogP contribution is 2.23. The van der Waals surface area contributed by atoms with Crippen LogP contribution in [0.3, 0.4) is 0 Å². The van der Waals surface area contributed by atoms with Crippen molar-refractivity contribution in [3.8, 4) is 0 Å². The molecule has 6 aromatic heterocycles. The maximum Gasteiger partial charge on any atom is 0.355 e. The van der Waals surface area contributed by atoms with E-state index in [0.717, 1.165) is 49.2 Å². The molecule has 0 aliphatic carbocycles. The zero-order chi connectivity index (χ0) is 84.5. The average Bonchev–Trinajstić information content (AvgIpc) is 1.69. The lowest BCUT2D eigenvalue weighted by atomic mass is 10.1. The van der Waals surface area contributed by atoms with Crippen LogP contribution in [0.4, 0.5) is 34.1 Å². The number of carbonyl (C=O) groups is 13. The van der Waals surface area contributed by atoms with E-state index in [2.05, 4.69) is 82.5 Å². The van der Waals surface area contributed by atoms with Crippen molar-refractivity contribution in [3.05, 3.63) is 214 Å². The molecule has 0 radical (unpaired) electrons. The van der Waals surface area contributed by atoms with Crippen molar-refractivity contribution >= 4 is 111 Å². The molecule has 0 aliphatic rings. The Morgan fingerprint density at radius 2 is 0.759 bits per heavy atom. The minimum absolute atomic E-state index is 0.0137. The predicted octanol–water partition coefficient (Wildman–Crippen LogP) is 5.40. The lowest BCUT2D eigenvalue weighted by molar-refractivity contribution is -0.145. The number of aromatic nitrogens is 6. The highest BCUT2D eigenvalue weighted by atomic mass is 16.5. The Balaban J connectivity index is 0.000000299. The van der Waals surface area contributed by atoms with E-state index in [4.69, 9.17) is 19.9 Å². The molecule has 10 amide bonds. The lowest BCUT2D eigenvalue weighted by Gasteiger charge is -2.09. The van der Waals surface area contributed by atoms with Gasteiger partial charge in [0.25, 0.3) is 23.6 Å². The van der Waals surface area contributed by atoms with Crippen LogP contribution in [0.2, 0.25) is 0 Å². The molecule has 0 spiro atoms. The molecule has 0 fully saturated rings. The molecule has 0 unspecified atom stereocenters. The van der Waals surface area contributed by atoms with E-state index in [1.54, 1.807) is 159 Å². The minimum atomic E-state index is -0.622. The monoisotopic (exact) mass is 1600 g/mol. The van der Waals surface area contributed by atoms with E-state index in [9.17, 15) is 62.3 Å². The number of ether oxygens (including phenoxy) is 3. The van der Waals surface area contributed by atoms with Gasteiger partial charge in [-0.05, 0) is 130 Å². The van der Waals surface area contributed by atoms with Crippen LogP contribution in [0.5, 0.6) is 0 Å². The SMILES string of the molecule is CCNC(=O)Cc1ccc(COC(=O)CNC(=O)Cc2ccc(COC(=O)c3cc(NC(=O)c4cc(NC(=O)c5cc(NC(C)=O)cn5C)cn4C)cn3C)cc2)cc1.CN(C)CCCN.CNCCCNC(=O)CNC(=O)Cc1ccc(COC(=O)c2cc(NC(=O)c3cc(NC(=O)c4cc(NC(C)=O)cn4C)c[nH]3)cn2C)cc1. The van der Waals surface area contributed by atoms with Crippen molar-refractivity contribution in [1.82, 2.24) is 59.3 Å². The van der Waals surface area contributed by atoms with E-state index in [1.807, 2.05) is 14.0 Å². The molecular formula is C81H101N19O16. The molecule has 116 heavy (non-hydrogen) atoms. The standard InChI is InChI=1S/C42H46N8O9.C34H41N9O7.C5H14N2/c1-6-43-37(52)15-27-7-11-29(12-8-27)24-58-39(54)20-44-38(53)16-28-9-13-30(14-10-28)25-59-42(57)36-19-33(23-50(36)5)47-41(56)35-18-32(22-49(35)4)46-40(55)34-17-31(21-48(34)3)45-26(2)51;1-21(44)39-25-14-28(42(3)18-25)33(48)40-24-13-27(37-16-24)32(47)41-26-15-29(43(4)19-26)34(49)50-20-23-8-6-22(7-9-23)12-30(45)38-17-31(46)36-11-5-10-35-2;1-7(2)5-3-4-6/h7-14,17-19,21-23H,6,15-16,20,24-25H2,1-5H3,(H,43,52)(H,44,53)(H,45,51)(H,46,55)(H,47,56);6-9,13-16,18-19,35,37H,5,10-12,17,20H2,1-4H3,(H,36,46)(H,38,45)(H,39,44)(H,40,48)(H,41,47);3-6H2,1-2H3. The van der Waals surface area contributed by atoms with E-state index in [-0.39, 0.29) is 110 Å². The fourth-order valence-corrected chi connectivity index (χ4v) is 11.2. The number of rotatable bonds is 36. The first kappa shape index (κ1) is 89.5. The molecule has 0 bridgehead atoms. The van der Waals surface area contributed by atoms with Crippen molar-refractivity contribution in [1.29, 1.82) is 0 Å². The number of nitrogens with zero attached hydrogens (tertiary/aromatic N) is 6. The Bertz CT molecular complexity index is 4920. The first-order valence-electron chi connectivity index (χ1n) is 37.0. The molecule has 35 nitrogen and oxygen atoms in total. The summed E-state index contributed by atoms with van der Waals surface area (Å²) in [5.74, 6) is -5.16. The van der Waals surface area contributed by atoms with Gasteiger partial charge < -0.3 is 111 Å². The summed E-state index contributed by atoms with van der Waals surface area (Å²) >= 11 is 0. The average molecular weight is 1600 g/mol. The number of H-pyrrole nitrogens is 1. The maximum absolute atomic E-state index is 13.2. The third-order valence-electron chi connectivity index (χ3n) is 17.0. The number of benzene rings is 3. The molecule has 0 atom stereocenters. The van der Waals surface area contributed by atoms with Crippen LogP contribution in [0.1, 0.15) is 130 Å². The van der Waals surface area contributed by atoms with Gasteiger partial charge in [0.1, 0.15) is 60.5 Å². The molecule has 0 aliphatic heterocycles. The van der Waals surface area contributed by atoms with Crippen molar-refractivity contribution < 1.29 is 76.5 Å². The van der Waals surface area contributed by atoms with Gasteiger partial charge in [-0.1, -0.05) is 72.8 Å². The van der Waals surface area contributed by atoms with Crippen LogP contribution >= 0.6 is 0 Å². The summed E-state index contributed by atoms with van der Waals surface area (Å²) in [5.41, 5.74) is 13.5. The largest absolute Gasteiger partial charge is 0.460 e. The van der Waals surface area contributed by atoms with Gasteiger partial charge in [-0.3, -0.25) is 52.7 Å². The number of aryl methyl sites for hydroxylation is 5. The van der Waals surface area contributed by atoms with Crippen LogP contribution < -0.4 is 64.2 Å². The Kier molecular flexibility index (Phi) is 34.4. The van der Waals surface area contributed by atoms with Gasteiger partial charge in [-0.2, -0.15) is 0 Å². The fourth-order valence-electron chi connectivity index (χ4n) is 11.2. The summed E-state index contributed by atoms with van der Waals surface area (Å²) in [7, 11) is 14.2. The highest BCUT2D eigenvalue weighted by molar-refractivity contribution is 6.09. The summed E-state index contributed by atoms with van der Waals surface area (Å²) in [6, 6.07) is 30.1. The number of hydrogen-bond acceptors (Lipinski definition) is 19. The molecule has 9 rings (SSSR count). The number of likely N-dealkylation sites (N-methyl/N-ethyl adjacent to an activating group) is 1. The van der Waals surface area contributed by atoms with Crippen molar-refractivity contribution in [2.24, 2.45) is 41.0 Å². The number of carbonyl (C=O) groups excluding carboxylic acids is 13. The number of nitrogens with one attached hydrogen (secondary N) is 12. The number of aromatic amines is 1. The molecule has 0 saturated heterocycles. The fraction of sp³-hybridized carbons (Fsp3) is 0.321. The second kappa shape index (κ2) is 44.5. The maximum atomic E-state index is 13.2. The van der Waals surface area contributed by atoms with E-state index >= 15 is 0 Å². The third kappa shape index (κ3) is 29.5. The van der Waals surface area contributed by atoms with Gasteiger partial charge in [0.2, 0.25) is 35.4 Å². The van der Waals surface area contributed by atoms with Crippen LogP contribution in [0.15, 0.2) is 146 Å². The van der Waals surface area contributed by atoms with Crippen LogP contribution in [-0.4, -0.2) is 177 Å². The normalized spacial score (nSPS) is 10.6. The number of esters is 3. The van der Waals surface area contributed by atoms with Crippen molar-refractivity contribution in [2.75, 3.05) is 98.9 Å². The van der Waals surface area contributed by atoms with Gasteiger partial charge in [0.15, 0.2) is 0 Å². The second-order valence-electron chi connectivity index (χ2n) is 27.2. The molecule has 616 valence electrons. The number of nitrogens with two attached hydrogens (primary N) is 1. The smallest absolute Gasteiger partial charge is 0.355 e. The molecule has 3 aromatic carbocycles. The third-order valence-corrected chi connectivity index (χ3v) is 17.0. The zero-order valence-electron chi connectivity index (χ0n) is 66.8. The van der Waals surface area contributed by atoms with Crippen LogP contribution in [-0.2, 0) is 122 Å². The highest BCUT2D eigenvalue weighted by Gasteiger charge is 2.23. The van der Waals surface area contributed by atoms with Crippen molar-refractivity contribution in [2.45, 2.75) is 72.7 Å². The first-order valence-corrected chi connectivity index (χ1v) is 37.0. The topological polar surface area (TPSA) is 452 Å². The number of anilines is 6. The molecule has 6 heterocycles. The lowest BCUT2D eigenvalue weighted by Crippen LogP contribution is -2.38. The van der Waals surface area contributed by atoms with Gasteiger partial charge >= 0.3 is 17.9 Å². The first-order chi connectivity index (χ1) is 55.3. The summed E-state index contributed by atoms with van der Waals surface area (Å²) < 4.78 is 24.0. The molecule has 14 N–H and O–H groups in total. The Morgan fingerprint density at radius 3 is 1.14 bits per heavy atom. The van der Waals surface area contributed by atoms with Gasteiger partial charge in [0, 0.05) is 99.4 Å². The summed E-state index contributed by atoms with van der Waals surface area (Å²) in [5, 5.41) is 29.8. The zero-order valence-corrected chi connectivity index (χ0v) is 66.8. The van der Waals surface area contributed by atoms with E-state index in [1.165, 1.54) is 59.5 Å². The molecule has 9 aromatic rings. The predicted molar refractivity (Wildman–Crippen MR) is 435 cm³/mol. The van der Waals surface area contributed by atoms with Gasteiger partial charge in [-0.25, -0.2) is 9.59 Å².